The van der Waals surface area contributed by atoms with Crippen LogP contribution in [0.2, 0.25) is 5.02 Å². The van der Waals surface area contributed by atoms with Gasteiger partial charge in [0.25, 0.3) is 5.56 Å². The third kappa shape index (κ3) is 4.74. The molecule has 2 heterocycles. The smallest absolute Gasteiger partial charge is 0.416 e. The number of carbonyl (C=O) groups excluding carboxylic acids is 1. The molecule has 178 valence electrons. The number of alkyl halides is 3. The molecule has 0 spiro atoms. The Labute approximate surface area is 198 Å². The highest BCUT2D eigenvalue weighted by Crippen LogP contribution is 2.46. The number of halogens is 4. The van der Waals surface area contributed by atoms with E-state index < -0.39 is 29.9 Å². The number of rotatable bonds is 4. The second-order valence-electron chi connectivity index (χ2n) is 7.96. The maximum atomic E-state index is 13.6. The zero-order valence-corrected chi connectivity index (χ0v) is 19.1. The van der Waals surface area contributed by atoms with E-state index in [4.69, 9.17) is 21.1 Å². The van der Waals surface area contributed by atoms with E-state index >= 15 is 0 Å². The van der Waals surface area contributed by atoms with Crippen LogP contribution in [0, 0.1) is 0 Å². The van der Waals surface area contributed by atoms with Crippen LogP contribution in [0.5, 0.6) is 0 Å². The van der Waals surface area contributed by atoms with Crippen molar-refractivity contribution < 1.29 is 27.4 Å². The first-order valence-corrected chi connectivity index (χ1v) is 10.9. The summed E-state index contributed by atoms with van der Waals surface area (Å²) in [7, 11) is 1.55. The van der Waals surface area contributed by atoms with E-state index in [0.717, 1.165) is 12.1 Å². The lowest BCUT2D eigenvalue weighted by Gasteiger charge is -2.24. The normalized spacial score (nSPS) is 17.5. The van der Waals surface area contributed by atoms with Gasteiger partial charge in [-0.15, -0.1) is 0 Å². The molecule has 0 bridgehead atoms. The minimum Gasteiger partial charge on any atom is -0.466 e. The van der Waals surface area contributed by atoms with Crippen LogP contribution in [0.15, 0.2) is 59.5 Å². The molecule has 0 saturated heterocycles. The number of ether oxygens (including phenoxy) is 2. The van der Waals surface area contributed by atoms with Crippen LogP contribution >= 0.6 is 11.6 Å². The molecule has 3 aromatic rings. The van der Waals surface area contributed by atoms with E-state index in [9.17, 15) is 22.8 Å². The number of esters is 1. The monoisotopic (exact) mass is 491 g/mol. The molecule has 1 aliphatic heterocycles. The summed E-state index contributed by atoms with van der Waals surface area (Å²) in [6.45, 7) is 1.82. The molecule has 2 atom stereocenters. The van der Waals surface area contributed by atoms with Crippen molar-refractivity contribution in [1.29, 1.82) is 0 Å². The molecule has 1 aromatic heterocycles. The van der Waals surface area contributed by atoms with Crippen LogP contribution in [-0.4, -0.2) is 17.1 Å². The molecule has 0 N–H and O–H groups in total. The lowest BCUT2D eigenvalue weighted by Crippen LogP contribution is -2.20. The molecule has 0 radical (unpaired) electrons. The minimum absolute atomic E-state index is 0.157. The van der Waals surface area contributed by atoms with E-state index in [1.54, 1.807) is 44.4 Å². The van der Waals surface area contributed by atoms with Crippen molar-refractivity contribution in [2.45, 2.75) is 31.7 Å². The SMILES string of the molecule is CCOC(=O)CC1OC(c2ccc(Cl)cc2)c2cc(C(F)(F)F)ccc2-c2cn(C)c(=O)cc21. The molecule has 5 nitrogen and oxygen atoms in total. The third-order valence-electron chi connectivity index (χ3n) is 5.69. The van der Waals surface area contributed by atoms with Crippen LogP contribution in [-0.2, 0) is 27.5 Å². The molecule has 34 heavy (non-hydrogen) atoms. The molecule has 0 fully saturated rings. The number of hydrogen-bond acceptors (Lipinski definition) is 4. The molecule has 2 unspecified atom stereocenters. The van der Waals surface area contributed by atoms with Gasteiger partial charge in [0.05, 0.1) is 24.7 Å². The highest BCUT2D eigenvalue weighted by Gasteiger charge is 2.36. The molecular weight excluding hydrogens is 471 g/mol. The van der Waals surface area contributed by atoms with Gasteiger partial charge in [-0.25, -0.2) is 0 Å². The van der Waals surface area contributed by atoms with Crippen molar-refractivity contribution in [3.05, 3.63) is 92.4 Å². The molecular formula is C25H21ClF3NO4. The Morgan fingerprint density at radius 1 is 1.09 bits per heavy atom. The second kappa shape index (κ2) is 9.27. The first-order chi connectivity index (χ1) is 16.1. The summed E-state index contributed by atoms with van der Waals surface area (Å²) in [5.74, 6) is -0.545. The Morgan fingerprint density at radius 3 is 2.44 bits per heavy atom. The van der Waals surface area contributed by atoms with Gasteiger partial charge in [-0.05, 0) is 53.4 Å². The summed E-state index contributed by atoms with van der Waals surface area (Å²) in [5, 5.41) is 0.455. The van der Waals surface area contributed by atoms with Crippen LogP contribution in [0.1, 0.15) is 47.8 Å². The van der Waals surface area contributed by atoms with Gasteiger partial charge in [0.1, 0.15) is 6.10 Å². The fourth-order valence-corrected chi connectivity index (χ4v) is 4.20. The first-order valence-electron chi connectivity index (χ1n) is 10.6. The molecule has 1 aliphatic rings. The van der Waals surface area contributed by atoms with Crippen LogP contribution in [0.25, 0.3) is 11.1 Å². The average Bonchev–Trinajstić information content (AvgIpc) is 2.89. The fourth-order valence-electron chi connectivity index (χ4n) is 4.07. The summed E-state index contributed by atoms with van der Waals surface area (Å²) >= 11 is 6.02. The van der Waals surface area contributed by atoms with Gasteiger partial charge in [0.2, 0.25) is 0 Å². The third-order valence-corrected chi connectivity index (χ3v) is 5.94. The number of carbonyl (C=O) groups is 1. The lowest BCUT2D eigenvalue weighted by molar-refractivity contribution is -0.147. The van der Waals surface area contributed by atoms with Crippen molar-refractivity contribution in [2.75, 3.05) is 6.61 Å². The van der Waals surface area contributed by atoms with Gasteiger partial charge in [-0.1, -0.05) is 29.8 Å². The summed E-state index contributed by atoms with van der Waals surface area (Å²) in [5.41, 5.74) is 1.05. The minimum atomic E-state index is -4.57. The number of benzene rings is 2. The Hall–Kier alpha value is -3.10. The van der Waals surface area contributed by atoms with Gasteiger partial charge < -0.3 is 14.0 Å². The van der Waals surface area contributed by atoms with Crippen molar-refractivity contribution >= 4 is 17.6 Å². The Morgan fingerprint density at radius 2 is 1.79 bits per heavy atom. The summed E-state index contributed by atoms with van der Waals surface area (Å²) < 4.78 is 53.6. The molecule has 4 rings (SSSR count). The number of nitrogens with zero attached hydrogens (tertiary/aromatic N) is 1. The largest absolute Gasteiger partial charge is 0.466 e. The van der Waals surface area contributed by atoms with Crippen LogP contribution in [0.4, 0.5) is 13.2 Å². The predicted octanol–water partition coefficient (Wildman–Crippen LogP) is 5.84. The summed E-state index contributed by atoms with van der Waals surface area (Å²) in [4.78, 5) is 24.9. The molecule has 0 saturated carbocycles. The average molecular weight is 492 g/mol. The van der Waals surface area contributed by atoms with E-state index in [1.165, 1.54) is 16.7 Å². The number of hydrogen-bond donors (Lipinski definition) is 0. The van der Waals surface area contributed by atoms with Crippen LogP contribution < -0.4 is 5.56 Å². The van der Waals surface area contributed by atoms with Crippen molar-refractivity contribution in [1.82, 2.24) is 4.57 Å². The van der Waals surface area contributed by atoms with E-state index in [-0.39, 0.29) is 24.2 Å². The van der Waals surface area contributed by atoms with E-state index in [0.29, 0.717) is 27.3 Å². The highest BCUT2D eigenvalue weighted by molar-refractivity contribution is 6.30. The van der Waals surface area contributed by atoms with Gasteiger partial charge >= 0.3 is 12.1 Å². The predicted molar refractivity (Wildman–Crippen MR) is 120 cm³/mol. The Balaban J connectivity index is 1.98. The van der Waals surface area contributed by atoms with Crippen molar-refractivity contribution in [3.63, 3.8) is 0 Å². The standard InChI is InChI=1S/C25H21ClF3NO4/c1-3-33-23(32)12-21-18-11-22(31)30(2)13-20(18)17-9-6-15(25(27,28)29)10-19(17)24(34-21)14-4-7-16(26)8-5-14/h4-11,13,21,24H,3,12H2,1-2H3. The molecule has 0 aliphatic carbocycles. The molecule has 9 heteroatoms. The zero-order chi connectivity index (χ0) is 24.6. The number of aryl methyl sites for hydroxylation is 1. The van der Waals surface area contributed by atoms with Crippen LogP contribution in [0.3, 0.4) is 0 Å². The maximum Gasteiger partial charge on any atom is 0.416 e. The van der Waals surface area contributed by atoms with Gasteiger partial charge in [0.15, 0.2) is 0 Å². The molecule has 2 aromatic carbocycles. The first kappa shape index (κ1) is 24.0. The Bertz CT molecular complexity index is 1280. The van der Waals surface area contributed by atoms with Gasteiger partial charge in [-0.2, -0.15) is 13.2 Å². The van der Waals surface area contributed by atoms with E-state index in [1.807, 2.05) is 0 Å². The summed E-state index contributed by atoms with van der Waals surface area (Å²) in [6.07, 6.45) is -5.11. The quantitative estimate of drug-likeness (QED) is 0.430. The second-order valence-corrected chi connectivity index (χ2v) is 8.39. The van der Waals surface area contributed by atoms with Gasteiger partial charge in [-0.3, -0.25) is 9.59 Å². The topological polar surface area (TPSA) is 57.5 Å². The van der Waals surface area contributed by atoms with Gasteiger partial charge in [0, 0.05) is 29.9 Å². The highest BCUT2D eigenvalue weighted by atomic mass is 35.5. The number of aromatic nitrogens is 1. The number of fused-ring (bicyclic) bond motifs is 3. The zero-order valence-electron chi connectivity index (χ0n) is 18.4. The van der Waals surface area contributed by atoms with Crippen molar-refractivity contribution in [3.8, 4) is 11.1 Å². The molecule has 0 amide bonds. The lowest BCUT2D eigenvalue weighted by atomic mass is 9.90. The summed E-state index contributed by atoms with van der Waals surface area (Å²) in [6, 6.07) is 11.3. The maximum absolute atomic E-state index is 13.6. The Kier molecular flexibility index (Phi) is 6.55. The van der Waals surface area contributed by atoms with E-state index in [2.05, 4.69) is 0 Å². The van der Waals surface area contributed by atoms with Crippen molar-refractivity contribution in [2.24, 2.45) is 7.05 Å². The number of pyridine rings is 1. The fraction of sp³-hybridized carbons (Fsp3) is 0.280.